The SMILES string of the molecule is COc1ccc(C#N)cc1CC(=O)Cc1ccc([C@H]2CNCCO2)cc1F.Cl. The minimum absolute atomic E-state index is 0. The molecule has 0 amide bonds. The summed E-state index contributed by atoms with van der Waals surface area (Å²) in [6.07, 6.45) is -0.110. The van der Waals surface area contributed by atoms with Crippen molar-refractivity contribution in [2.45, 2.75) is 18.9 Å². The molecule has 0 saturated carbocycles. The number of ketones is 1. The van der Waals surface area contributed by atoms with Crippen LogP contribution in [-0.2, 0) is 22.4 Å². The van der Waals surface area contributed by atoms with Crippen LogP contribution in [0.15, 0.2) is 36.4 Å². The number of nitrogens with zero attached hydrogens (tertiary/aromatic N) is 1. The van der Waals surface area contributed by atoms with Gasteiger partial charge in [-0.1, -0.05) is 12.1 Å². The molecule has 0 aliphatic carbocycles. The smallest absolute Gasteiger partial charge is 0.141 e. The van der Waals surface area contributed by atoms with Crippen LogP contribution in [0, 0.1) is 17.1 Å². The molecule has 5 nitrogen and oxygen atoms in total. The molecule has 1 fully saturated rings. The molecule has 1 N–H and O–H groups in total. The van der Waals surface area contributed by atoms with E-state index in [0.717, 1.165) is 12.1 Å². The molecular formula is C21H22ClFN2O3. The summed E-state index contributed by atoms with van der Waals surface area (Å²) in [4.78, 5) is 12.4. The lowest BCUT2D eigenvalue weighted by molar-refractivity contribution is -0.117. The number of nitrogens with one attached hydrogen (secondary N) is 1. The van der Waals surface area contributed by atoms with Gasteiger partial charge in [-0.25, -0.2) is 4.39 Å². The molecule has 3 rings (SSSR count). The van der Waals surface area contributed by atoms with Crippen LogP contribution in [0.3, 0.4) is 0 Å². The summed E-state index contributed by atoms with van der Waals surface area (Å²) in [6.45, 7) is 2.03. The second-order valence-corrected chi connectivity index (χ2v) is 6.45. The van der Waals surface area contributed by atoms with E-state index >= 15 is 0 Å². The van der Waals surface area contributed by atoms with Gasteiger partial charge in [0.2, 0.25) is 0 Å². The number of hydrogen-bond donors (Lipinski definition) is 1. The lowest BCUT2D eigenvalue weighted by Crippen LogP contribution is -2.33. The highest BCUT2D eigenvalue weighted by atomic mass is 35.5. The molecule has 148 valence electrons. The van der Waals surface area contributed by atoms with E-state index in [9.17, 15) is 9.18 Å². The van der Waals surface area contributed by atoms with Crippen molar-refractivity contribution in [3.63, 3.8) is 0 Å². The van der Waals surface area contributed by atoms with Crippen molar-refractivity contribution in [1.82, 2.24) is 5.32 Å². The lowest BCUT2D eigenvalue weighted by atomic mass is 9.98. The highest BCUT2D eigenvalue weighted by Crippen LogP contribution is 2.23. The van der Waals surface area contributed by atoms with Crippen molar-refractivity contribution in [1.29, 1.82) is 5.26 Å². The summed E-state index contributed by atoms with van der Waals surface area (Å²) in [5.74, 6) is -0.0153. The second kappa shape index (κ2) is 10.2. The molecule has 2 aromatic carbocycles. The molecule has 1 saturated heterocycles. The number of rotatable bonds is 6. The standard InChI is InChI=1S/C21H21FN2O3.ClH/c1-26-20-5-2-14(12-23)8-17(20)10-18(25)9-15-3-4-16(11-19(15)22)21-13-24-6-7-27-21;/h2-5,8,11,21,24H,6-7,9-10,13H2,1H3;1H/t21-;/m1./s1. The fourth-order valence-electron chi connectivity index (χ4n) is 3.16. The Balaban J connectivity index is 0.00000280. The molecule has 1 aliphatic heterocycles. The molecule has 28 heavy (non-hydrogen) atoms. The van der Waals surface area contributed by atoms with Gasteiger partial charge in [-0.05, 0) is 35.4 Å². The first-order valence-electron chi connectivity index (χ1n) is 8.80. The Labute approximate surface area is 169 Å². The zero-order valence-electron chi connectivity index (χ0n) is 15.5. The average Bonchev–Trinajstić information content (AvgIpc) is 2.70. The van der Waals surface area contributed by atoms with Gasteiger partial charge in [-0.2, -0.15) is 5.26 Å². The van der Waals surface area contributed by atoms with Crippen LogP contribution in [0.1, 0.15) is 28.4 Å². The Kier molecular flexibility index (Phi) is 7.94. The maximum Gasteiger partial charge on any atom is 0.141 e. The Morgan fingerprint density at radius 2 is 2.07 bits per heavy atom. The highest BCUT2D eigenvalue weighted by Gasteiger charge is 2.18. The van der Waals surface area contributed by atoms with Crippen molar-refractivity contribution >= 4 is 18.2 Å². The van der Waals surface area contributed by atoms with E-state index in [1.165, 1.54) is 13.2 Å². The minimum atomic E-state index is -0.409. The van der Waals surface area contributed by atoms with Crippen LogP contribution in [0.25, 0.3) is 0 Å². The third-order valence-electron chi connectivity index (χ3n) is 4.56. The van der Waals surface area contributed by atoms with Crippen LogP contribution >= 0.6 is 12.4 Å². The first kappa shape index (κ1) is 21.8. The molecule has 0 unspecified atom stereocenters. The zero-order valence-corrected chi connectivity index (χ0v) is 16.4. The third-order valence-corrected chi connectivity index (χ3v) is 4.56. The molecule has 0 bridgehead atoms. The zero-order chi connectivity index (χ0) is 19.2. The fourth-order valence-corrected chi connectivity index (χ4v) is 3.16. The summed E-state index contributed by atoms with van der Waals surface area (Å²) in [7, 11) is 1.51. The van der Waals surface area contributed by atoms with Gasteiger partial charge in [0.25, 0.3) is 0 Å². The number of carbonyl (C=O) groups excluding carboxylic acids is 1. The Morgan fingerprint density at radius 1 is 1.29 bits per heavy atom. The molecule has 1 heterocycles. The molecule has 0 aromatic heterocycles. The van der Waals surface area contributed by atoms with Gasteiger partial charge in [0.15, 0.2) is 0 Å². The van der Waals surface area contributed by atoms with Crippen molar-refractivity contribution in [2.75, 3.05) is 26.8 Å². The van der Waals surface area contributed by atoms with Crippen molar-refractivity contribution in [3.8, 4) is 11.8 Å². The summed E-state index contributed by atoms with van der Waals surface area (Å²) in [5.41, 5.74) is 2.19. The van der Waals surface area contributed by atoms with Gasteiger partial charge >= 0.3 is 0 Å². The Morgan fingerprint density at radius 3 is 2.71 bits per heavy atom. The first-order valence-corrected chi connectivity index (χ1v) is 8.80. The van der Waals surface area contributed by atoms with Crippen molar-refractivity contribution in [2.24, 2.45) is 0 Å². The van der Waals surface area contributed by atoms with Gasteiger partial charge in [0, 0.05) is 31.5 Å². The van der Waals surface area contributed by atoms with E-state index in [1.807, 2.05) is 6.07 Å². The predicted molar refractivity (Wildman–Crippen MR) is 105 cm³/mol. The molecule has 0 radical (unpaired) electrons. The van der Waals surface area contributed by atoms with E-state index < -0.39 is 5.82 Å². The molecular weight excluding hydrogens is 383 g/mol. The summed E-state index contributed by atoms with van der Waals surface area (Å²) < 4.78 is 25.3. The quantitative estimate of drug-likeness (QED) is 0.800. The van der Waals surface area contributed by atoms with E-state index in [-0.39, 0.29) is 37.1 Å². The molecule has 1 aliphatic rings. The number of methoxy groups -OCH3 is 1. The van der Waals surface area contributed by atoms with Gasteiger partial charge < -0.3 is 14.8 Å². The van der Waals surface area contributed by atoms with Crippen molar-refractivity contribution in [3.05, 3.63) is 64.5 Å². The van der Waals surface area contributed by atoms with Gasteiger partial charge in [-0.15, -0.1) is 12.4 Å². The average molecular weight is 405 g/mol. The molecule has 0 spiro atoms. The second-order valence-electron chi connectivity index (χ2n) is 6.45. The molecule has 2 aromatic rings. The normalized spacial score (nSPS) is 16.0. The maximum absolute atomic E-state index is 14.5. The first-order chi connectivity index (χ1) is 13.1. The number of ether oxygens (including phenoxy) is 2. The van der Waals surface area contributed by atoms with Crippen LogP contribution in [-0.4, -0.2) is 32.6 Å². The number of benzene rings is 2. The van der Waals surface area contributed by atoms with Gasteiger partial charge in [0.05, 0.1) is 31.5 Å². The number of hydrogen-bond acceptors (Lipinski definition) is 5. The summed E-state index contributed by atoms with van der Waals surface area (Å²) >= 11 is 0. The fraction of sp³-hybridized carbons (Fsp3) is 0.333. The number of nitriles is 1. The Hall–Kier alpha value is -2.46. The van der Waals surface area contributed by atoms with Gasteiger partial charge in [-0.3, -0.25) is 4.79 Å². The largest absolute Gasteiger partial charge is 0.496 e. The molecule has 7 heteroatoms. The number of Topliss-reactive ketones (excluding diaryl/α,β-unsaturated/α-hetero) is 1. The number of carbonyl (C=O) groups is 1. The monoisotopic (exact) mass is 404 g/mol. The van der Waals surface area contributed by atoms with Crippen LogP contribution in [0.2, 0.25) is 0 Å². The van der Waals surface area contributed by atoms with E-state index in [0.29, 0.717) is 35.6 Å². The third kappa shape index (κ3) is 5.29. The van der Waals surface area contributed by atoms with Crippen LogP contribution in [0.4, 0.5) is 4.39 Å². The summed E-state index contributed by atoms with van der Waals surface area (Å²) in [6, 6.07) is 11.9. The number of halogens is 2. The van der Waals surface area contributed by atoms with Gasteiger partial charge in [0.1, 0.15) is 17.3 Å². The molecule has 1 atom stereocenters. The van der Waals surface area contributed by atoms with Crippen LogP contribution < -0.4 is 10.1 Å². The maximum atomic E-state index is 14.5. The topological polar surface area (TPSA) is 71.3 Å². The van der Waals surface area contributed by atoms with Crippen LogP contribution in [0.5, 0.6) is 5.75 Å². The minimum Gasteiger partial charge on any atom is -0.496 e. The predicted octanol–water partition coefficient (Wildman–Crippen LogP) is 3.14. The Bertz CT molecular complexity index is 876. The van der Waals surface area contributed by atoms with E-state index in [2.05, 4.69) is 5.32 Å². The summed E-state index contributed by atoms with van der Waals surface area (Å²) in [5, 5.41) is 12.2. The number of morpholine rings is 1. The van der Waals surface area contributed by atoms with Crippen molar-refractivity contribution < 1.29 is 18.7 Å². The van der Waals surface area contributed by atoms with E-state index in [1.54, 1.807) is 30.3 Å². The van der Waals surface area contributed by atoms with E-state index in [4.69, 9.17) is 14.7 Å². The lowest BCUT2D eigenvalue weighted by Gasteiger charge is -2.24. The highest BCUT2D eigenvalue weighted by molar-refractivity contribution is 5.85.